The van der Waals surface area contributed by atoms with Gasteiger partial charge in [0, 0.05) is 13.2 Å². The van der Waals surface area contributed by atoms with Crippen LogP contribution in [0.25, 0.3) is 11.0 Å². The SMILES string of the molecule is COC1CC(n2c(C(C)Cl)nc3cccc(Cl)c32)C1. The van der Waals surface area contributed by atoms with Crippen molar-refractivity contribution < 1.29 is 4.74 Å². The molecule has 1 unspecified atom stereocenters. The number of hydrogen-bond acceptors (Lipinski definition) is 2. The van der Waals surface area contributed by atoms with Crippen molar-refractivity contribution in [1.29, 1.82) is 0 Å². The van der Waals surface area contributed by atoms with Crippen LogP contribution in [0.3, 0.4) is 0 Å². The molecule has 0 saturated heterocycles. The first kappa shape index (κ1) is 13.2. The van der Waals surface area contributed by atoms with E-state index in [0.29, 0.717) is 12.1 Å². The largest absolute Gasteiger partial charge is 0.381 e. The Balaban J connectivity index is 2.12. The van der Waals surface area contributed by atoms with Crippen LogP contribution in [-0.4, -0.2) is 22.8 Å². The van der Waals surface area contributed by atoms with Crippen LogP contribution in [0.15, 0.2) is 18.2 Å². The van der Waals surface area contributed by atoms with E-state index in [4.69, 9.17) is 27.9 Å². The van der Waals surface area contributed by atoms with Crippen LogP contribution in [0.1, 0.15) is 37.0 Å². The predicted molar refractivity (Wildman–Crippen MR) is 78.1 cm³/mol. The lowest BCUT2D eigenvalue weighted by atomic mass is 9.88. The number of hydrogen-bond donors (Lipinski definition) is 0. The second kappa shape index (κ2) is 4.97. The third-order valence-electron chi connectivity index (χ3n) is 3.81. The van der Waals surface area contributed by atoms with E-state index in [0.717, 1.165) is 34.7 Å². The molecule has 1 heterocycles. The third kappa shape index (κ3) is 2.14. The van der Waals surface area contributed by atoms with Crippen molar-refractivity contribution in [3.63, 3.8) is 0 Å². The van der Waals surface area contributed by atoms with Gasteiger partial charge in [0.1, 0.15) is 5.82 Å². The van der Waals surface area contributed by atoms with Gasteiger partial charge in [-0.05, 0) is 31.9 Å². The summed E-state index contributed by atoms with van der Waals surface area (Å²) in [5.74, 6) is 0.893. The highest BCUT2D eigenvalue weighted by Gasteiger charge is 2.34. The number of aromatic nitrogens is 2. The number of benzene rings is 1. The molecule has 0 radical (unpaired) electrons. The van der Waals surface area contributed by atoms with Crippen molar-refractivity contribution in [3.05, 3.63) is 29.0 Å². The molecule has 1 saturated carbocycles. The molecule has 0 aliphatic heterocycles. The highest BCUT2D eigenvalue weighted by molar-refractivity contribution is 6.35. The van der Waals surface area contributed by atoms with Gasteiger partial charge in [-0.15, -0.1) is 11.6 Å². The van der Waals surface area contributed by atoms with Crippen molar-refractivity contribution in [2.24, 2.45) is 0 Å². The lowest BCUT2D eigenvalue weighted by Crippen LogP contribution is -2.33. The molecular weight excluding hydrogens is 283 g/mol. The lowest BCUT2D eigenvalue weighted by molar-refractivity contribution is 0.00658. The molecule has 102 valence electrons. The first-order valence-electron chi connectivity index (χ1n) is 6.45. The Morgan fingerprint density at radius 3 is 2.79 bits per heavy atom. The molecule has 0 amide bonds. The van der Waals surface area contributed by atoms with Gasteiger partial charge in [-0.3, -0.25) is 0 Å². The minimum atomic E-state index is -0.134. The molecular formula is C14H16Cl2N2O. The first-order valence-corrected chi connectivity index (χ1v) is 7.26. The summed E-state index contributed by atoms with van der Waals surface area (Å²) in [4.78, 5) is 4.63. The fourth-order valence-corrected chi connectivity index (χ4v) is 3.13. The van der Waals surface area contributed by atoms with Crippen LogP contribution < -0.4 is 0 Å². The van der Waals surface area contributed by atoms with Gasteiger partial charge in [0.25, 0.3) is 0 Å². The lowest BCUT2D eigenvalue weighted by Gasteiger charge is -2.36. The van der Waals surface area contributed by atoms with Crippen LogP contribution in [0.4, 0.5) is 0 Å². The van der Waals surface area contributed by atoms with Crippen LogP contribution in [0, 0.1) is 0 Å². The van der Waals surface area contributed by atoms with Gasteiger partial charge in [0.05, 0.1) is 27.5 Å². The summed E-state index contributed by atoms with van der Waals surface area (Å²) >= 11 is 12.6. The fraction of sp³-hybridized carbons (Fsp3) is 0.500. The maximum atomic E-state index is 6.34. The van der Waals surface area contributed by atoms with Gasteiger partial charge in [-0.2, -0.15) is 0 Å². The van der Waals surface area contributed by atoms with Crippen LogP contribution in [0.2, 0.25) is 5.02 Å². The van der Waals surface area contributed by atoms with E-state index in [-0.39, 0.29) is 5.38 Å². The van der Waals surface area contributed by atoms with E-state index in [1.807, 2.05) is 25.1 Å². The Morgan fingerprint density at radius 2 is 2.16 bits per heavy atom. The molecule has 3 rings (SSSR count). The summed E-state index contributed by atoms with van der Waals surface area (Å²) in [6.07, 6.45) is 2.32. The second-order valence-corrected chi connectivity index (χ2v) is 6.11. The van der Waals surface area contributed by atoms with E-state index in [9.17, 15) is 0 Å². The molecule has 5 heteroatoms. The zero-order chi connectivity index (χ0) is 13.6. The van der Waals surface area contributed by atoms with Crippen LogP contribution >= 0.6 is 23.2 Å². The van der Waals surface area contributed by atoms with Crippen LogP contribution in [-0.2, 0) is 4.74 Å². The number of ether oxygens (including phenoxy) is 1. The number of halogens is 2. The smallest absolute Gasteiger partial charge is 0.128 e. The normalized spacial score (nSPS) is 24.4. The Hall–Kier alpha value is -0.770. The molecule has 3 nitrogen and oxygen atoms in total. The molecule has 1 fully saturated rings. The Kier molecular flexibility index (Phi) is 3.46. The zero-order valence-electron chi connectivity index (χ0n) is 10.9. The van der Waals surface area contributed by atoms with Crippen molar-refractivity contribution in [1.82, 2.24) is 9.55 Å². The molecule has 0 spiro atoms. The molecule has 1 atom stereocenters. The quantitative estimate of drug-likeness (QED) is 0.788. The average molecular weight is 299 g/mol. The minimum absolute atomic E-state index is 0.134. The number of imidazole rings is 1. The van der Waals surface area contributed by atoms with E-state index >= 15 is 0 Å². The van der Waals surface area contributed by atoms with E-state index in [1.54, 1.807) is 7.11 Å². The summed E-state index contributed by atoms with van der Waals surface area (Å²) in [5, 5.41) is 0.597. The van der Waals surface area contributed by atoms with Gasteiger partial charge in [-0.1, -0.05) is 17.7 Å². The average Bonchev–Trinajstić information content (AvgIpc) is 2.69. The number of rotatable bonds is 3. The van der Waals surface area contributed by atoms with E-state index in [1.165, 1.54) is 0 Å². The molecule has 1 aliphatic carbocycles. The van der Waals surface area contributed by atoms with Crippen molar-refractivity contribution in [3.8, 4) is 0 Å². The zero-order valence-corrected chi connectivity index (χ0v) is 12.4. The predicted octanol–water partition coefficient (Wildman–Crippen LogP) is 4.34. The van der Waals surface area contributed by atoms with Gasteiger partial charge in [0.2, 0.25) is 0 Å². The number of fused-ring (bicyclic) bond motifs is 1. The van der Waals surface area contributed by atoms with Crippen molar-refractivity contribution >= 4 is 34.2 Å². The first-order chi connectivity index (χ1) is 9.11. The molecule has 2 aromatic rings. The topological polar surface area (TPSA) is 27.1 Å². The maximum Gasteiger partial charge on any atom is 0.128 e. The van der Waals surface area contributed by atoms with Crippen molar-refractivity contribution in [2.45, 2.75) is 37.3 Å². The molecule has 1 aromatic carbocycles. The molecule has 1 aromatic heterocycles. The highest BCUT2D eigenvalue weighted by atomic mass is 35.5. The van der Waals surface area contributed by atoms with Gasteiger partial charge >= 0.3 is 0 Å². The monoisotopic (exact) mass is 298 g/mol. The Bertz CT molecular complexity index is 603. The fourth-order valence-electron chi connectivity index (χ4n) is 2.72. The Labute approximate surface area is 122 Å². The third-order valence-corrected chi connectivity index (χ3v) is 4.31. The highest BCUT2D eigenvalue weighted by Crippen LogP contribution is 2.41. The summed E-state index contributed by atoms with van der Waals surface area (Å²) in [7, 11) is 1.75. The molecule has 1 aliphatic rings. The van der Waals surface area contributed by atoms with E-state index in [2.05, 4.69) is 9.55 Å². The van der Waals surface area contributed by atoms with Gasteiger partial charge in [-0.25, -0.2) is 4.98 Å². The summed E-state index contributed by atoms with van der Waals surface area (Å²) < 4.78 is 7.56. The van der Waals surface area contributed by atoms with Gasteiger partial charge in [0.15, 0.2) is 0 Å². The Morgan fingerprint density at radius 1 is 1.42 bits per heavy atom. The summed E-state index contributed by atoms with van der Waals surface area (Å²) in [5.41, 5.74) is 1.90. The maximum absolute atomic E-state index is 6.34. The van der Waals surface area contributed by atoms with E-state index < -0.39 is 0 Å². The number of para-hydroxylation sites is 1. The number of nitrogens with zero attached hydrogens (tertiary/aromatic N) is 2. The van der Waals surface area contributed by atoms with Crippen LogP contribution in [0.5, 0.6) is 0 Å². The minimum Gasteiger partial charge on any atom is -0.381 e. The number of methoxy groups -OCH3 is 1. The molecule has 0 bridgehead atoms. The molecule has 19 heavy (non-hydrogen) atoms. The number of alkyl halides is 1. The second-order valence-electron chi connectivity index (χ2n) is 5.05. The van der Waals surface area contributed by atoms with Crippen molar-refractivity contribution in [2.75, 3.05) is 7.11 Å². The molecule has 0 N–H and O–H groups in total. The standard InChI is InChI=1S/C14H16Cl2N2O/c1-8(15)14-17-12-5-3-4-11(16)13(12)18(14)9-6-10(7-9)19-2/h3-5,8-10H,6-7H2,1-2H3. The summed E-state index contributed by atoms with van der Waals surface area (Å²) in [6.45, 7) is 1.94. The summed E-state index contributed by atoms with van der Waals surface area (Å²) in [6, 6.07) is 6.18. The van der Waals surface area contributed by atoms with Gasteiger partial charge < -0.3 is 9.30 Å².